The van der Waals surface area contributed by atoms with Gasteiger partial charge in [0.25, 0.3) is 0 Å². The maximum absolute atomic E-state index is 12.8. The second-order valence-corrected chi connectivity index (χ2v) is 10.1. The lowest BCUT2D eigenvalue weighted by molar-refractivity contribution is 0.0860. The average Bonchev–Trinajstić information content (AvgIpc) is 3.03. The molecule has 0 radical (unpaired) electrons. The highest BCUT2D eigenvalue weighted by Crippen LogP contribution is 2.63. The highest BCUT2D eigenvalue weighted by Gasteiger charge is 2.65. The molecular weight excluding hydrogens is 376 g/mol. The van der Waals surface area contributed by atoms with E-state index in [9.17, 15) is 9.90 Å². The van der Waals surface area contributed by atoms with Crippen molar-refractivity contribution in [2.24, 2.45) is 22.7 Å². The molecule has 156 valence electrons. The molecule has 3 heterocycles. The van der Waals surface area contributed by atoms with Crippen LogP contribution < -0.4 is 4.90 Å². The van der Waals surface area contributed by atoms with Gasteiger partial charge in [0.2, 0.25) is 0 Å². The van der Waals surface area contributed by atoms with E-state index >= 15 is 0 Å². The number of carbonyl (C=O) groups excluding carboxylic acids is 1. The molecule has 3 aromatic rings. The van der Waals surface area contributed by atoms with E-state index < -0.39 is 5.41 Å². The number of Topliss-reactive ketones (excluding diaryl/α,β-unsaturated/α-hetero) is 1. The van der Waals surface area contributed by atoms with Crippen LogP contribution in [-0.4, -0.2) is 45.5 Å². The van der Waals surface area contributed by atoms with Crippen LogP contribution in [-0.2, 0) is 0 Å². The summed E-state index contributed by atoms with van der Waals surface area (Å²) < 4.78 is 0. The number of anilines is 1. The summed E-state index contributed by atoms with van der Waals surface area (Å²) in [4.78, 5) is 27.6. The first-order valence-electron chi connectivity index (χ1n) is 10.6. The number of aromatic nitrogens is 3. The number of aromatic amines is 1. The lowest BCUT2D eigenvalue weighted by atomic mass is 9.87. The SMILES string of the molecule is CC(C)(C)C(=O)c1c[nH]c2ncc(-c3cccc(N4C[C@H]5[C@H](CO)[C@@]5(C)C4)c3)nc12. The molecule has 2 aromatic heterocycles. The Morgan fingerprint density at radius 3 is 2.83 bits per heavy atom. The first-order valence-corrected chi connectivity index (χ1v) is 10.6. The second-order valence-electron chi connectivity index (χ2n) is 10.1. The van der Waals surface area contributed by atoms with Crippen molar-refractivity contribution in [2.75, 3.05) is 24.6 Å². The van der Waals surface area contributed by atoms with Gasteiger partial charge in [-0.25, -0.2) is 9.97 Å². The van der Waals surface area contributed by atoms with E-state index in [4.69, 9.17) is 4.98 Å². The lowest BCUT2D eigenvalue weighted by Crippen LogP contribution is -2.27. The maximum Gasteiger partial charge on any atom is 0.171 e. The van der Waals surface area contributed by atoms with E-state index in [1.807, 2.05) is 32.9 Å². The van der Waals surface area contributed by atoms with Gasteiger partial charge in [0.1, 0.15) is 5.52 Å². The fraction of sp³-hybridized carbons (Fsp3) is 0.458. The van der Waals surface area contributed by atoms with Gasteiger partial charge in [-0.05, 0) is 29.4 Å². The van der Waals surface area contributed by atoms with E-state index in [2.05, 4.69) is 33.9 Å². The molecular formula is C24H28N4O2. The van der Waals surface area contributed by atoms with E-state index in [1.165, 1.54) is 5.69 Å². The van der Waals surface area contributed by atoms with Crippen molar-refractivity contribution in [1.29, 1.82) is 0 Å². The zero-order valence-corrected chi connectivity index (χ0v) is 17.9. The Hall–Kier alpha value is -2.73. The zero-order valence-electron chi connectivity index (χ0n) is 17.9. The molecule has 0 unspecified atom stereocenters. The van der Waals surface area contributed by atoms with Crippen LogP contribution in [0.4, 0.5) is 5.69 Å². The molecule has 1 saturated heterocycles. The van der Waals surface area contributed by atoms with E-state index in [0.717, 1.165) is 24.3 Å². The summed E-state index contributed by atoms with van der Waals surface area (Å²) in [6, 6.07) is 8.36. The van der Waals surface area contributed by atoms with Crippen molar-refractivity contribution in [2.45, 2.75) is 27.7 Å². The van der Waals surface area contributed by atoms with Gasteiger partial charge in [0.15, 0.2) is 11.4 Å². The van der Waals surface area contributed by atoms with Crippen molar-refractivity contribution < 1.29 is 9.90 Å². The van der Waals surface area contributed by atoms with Crippen molar-refractivity contribution in [3.63, 3.8) is 0 Å². The molecule has 1 aliphatic carbocycles. The number of benzene rings is 1. The Bertz CT molecular complexity index is 1150. The number of nitrogens with zero attached hydrogens (tertiary/aromatic N) is 3. The molecule has 0 amide bonds. The number of nitrogens with one attached hydrogen (secondary N) is 1. The number of fused-ring (bicyclic) bond motifs is 2. The summed E-state index contributed by atoms with van der Waals surface area (Å²) in [5.74, 6) is 1.07. The van der Waals surface area contributed by atoms with Gasteiger partial charge in [-0.1, -0.05) is 39.8 Å². The van der Waals surface area contributed by atoms with Crippen LogP contribution in [0.25, 0.3) is 22.4 Å². The molecule has 6 heteroatoms. The molecule has 5 rings (SSSR count). The third-order valence-corrected chi connectivity index (χ3v) is 7.03. The smallest absolute Gasteiger partial charge is 0.171 e. The van der Waals surface area contributed by atoms with Gasteiger partial charge < -0.3 is 15.0 Å². The minimum atomic E-state index is -0.480. The molecule has 30 heavy (non-hydrogen) atoms. The van der Waals surface area contributed by atoms with Crippen LogP contribution in [0.15, 0.2) is 36.7 Å². The van der Waals surface area contributed by atoms with Crippen molar-refractivity contribution >= 4 is 22.6 Å². The Morgan fingerprint density at radius 2 is 2.17 bits per heavy atom. The number of hydrogen-bond donors (Lipinski definition) is 2. The molecule has 3 atom stereocenters. The predicted molar refractivity (Wildman–Crippen MR) is 117 cm³/mol. The summed E-state index contributed by atoms with van der Waals surface area (Å²) in [5, 5.41) is 9.55. The minimum absolute atomic E-state index is 0.0527. The van der Waals surface area contributed by atoms with Crippen molar-refractivity contribution in [3.8, 4) is 11.3 Å². The van der Waals surface area contributed by atoms with E-state index in [-0.39, 0.29) is 17.8 Å². The van der Waals surface area contributed by atoms with Gasteiger partial charge in [0, 0.05) is 42.6 Å². The van der Waals surface area contributed by atoms with Gasteiger partial charge in [-0.3, -0.25) is 4.79 Å². The normalized spacial score (nSPS) is 25.6. The molecule has 0 spiro atoms. The van der Waals surface area contributed by atoms with Crippen LogP contribution in [0.3, 0.4) is 0 Å². The summed E-state index contributed by atoms with van der Waals surface area (Å²) >= 11 is 0. The predicted octanol–water partition coefficient (Wildman–Crippen LogP) is 3.92. The number of H-pyrrole nitrogens is 1. The third-order valence-electron chi connectivity index (χ3n) is 7.03. The maximum atomic E-state index is 12.8. The molecule has 2 N–H and O–H groups in total. The first kappa shape index (κ1) is 19.2. The quantitative estimate of drug-likeness (QED) is 0.644. The lowest BCUT2D eigenvalue weighted by Gasteiger charge is -2.24. The standard InChI is InChI=1S/C24H28N4O2/c1-23(2,3)21(30)16-9-25-22-20(16)27-19(10-26-22)14-6-5-7-15(8-14)28-11-17-18(12-29)24(17,4)13-28/h5-10,17-18,29H,11-13H2,1-4H3,(H,25,26)/t17-,18-,24-/m0/s1. The van der Waals surface area contributed by atoms with Gasteiger partial charge in [0.05, 0.1) is 17.5 Å². The highest BCUT2D eigenvalue weighted by atomic mass is 16.3. The monoisotopic (exact) mass is 404 g/mol. The Kier molecular flexibility index (Phi) is 4.09. The molecule has 6 nitrogen and oxygen atoms in total. The number of aliphatic hydroxyl groups is 1. The van der Waals surface area contributed by atoms with Crippen LogP contribution >= 0.6 is 0 Å². The Morgan fingerprint density at radius 1 is 1.37 bits per heavy atom. The molecule has 2 fully saturated rings. The molecule has 0 bridgehead atoms. The zero-order chi connectivity index (χ0) is 21.3. The highest BCUT2D eigenvalue weighted by molar-refractivity contribution is 6.08. The van der Waals surface area contributed by atoms with Crippen LogP contribution in [0.1, 0.15) is 38.1 Å². The largest absolute Gasteiger partial charge is 0.396 e. The van der Waals surface area contributed by atoms with Crippen molar-refractivity contribution in [3.05, 3.63) is 42.2 Å². The minimum Gasteiger partial charge on any atom is -0.396 e. The fourth-order valence-electron chi connectivity index (χ4n) is 5.05. The number of carbonyl (C=O) groups is 1. The van der Waals surface area contributed by atoms with Crippen LogP contribution in [0.2, 0.25) is 0 Å². The van der Waals surface area contributed by atoms with Crippen LogP contribution in [0, 0.1) is 22.7 Å². The molecule has 1 saturated carbocycles. The van der Waals surface area contributed by atoms with Crippen molar-refractivity contribution in [1.82, 2.24) is 15.0 Å². The van der Waals surface area contributed by atoms with Gasteiger partial charge in [-0.2, -0.15) is 0 Å². The Balaban J connectivity index is 1.47. The topological polar surface area (TPSA) is 82.1 Å². The molecule has 2 aliphatic rings. The first-order chi connectivity index (χ1) is 14.2. The molecule has 1 aliphatic heterocycles. The average molecular weight is 405 g/mol. The summed E-state index contributed by atoms with van der Waals surface area (Å²) in [6.07, 6.45) is 3.47. The van der Waals surface area contributed by atoms with E-state index in [1.54, 1.807) is 12.4 Å². The Labute approximate surface area is 176 Å². The second kappa shape index (κ2) is 6.38. The number of rotatable bonds is 4. The number of aliphatic hydroxyl groups excluding tert-OH is 1. The number of ketones is 1. The van der Waals surface area contributed by atoms with E-state index in [0.29, 0.717) is 28.6 Å². The molecule has 1 aromatic carbocycles. The number of piperidine rings is 1. The summed E-state index contributed by atoms with van der Waals surface area (Å²) in [5.41, 5.74) is 4.51. The van der Waals surface area contributed by atoms with Gasteiger partial charge >= 0.3 is 0 Å². The van der Waals surface area contributed by atoms with Crippen LogP contribution in [0.5, 0.6) is 0 Å². The number of hydrogen-bond acceptors (Lipinski definition) is 5. The summed E-state index contributed by atoms with van der Waals surface area (Å²) in [7, 11) is 0. The summed E-state index contributed by atoms with van der Waals surface area (Å²) in [6.45, 7) is 10.3. The fourth-order valence-corrected chi connectivity index (χ4v) is 5.05. The van der Waals surface area contributed by atoms with Gasteiger partial charge in [-0.15, -0.1) is 0 Å². The third kappa shape index (κ3) is 2.85.